The van der Waals surface area contributed by atoms with Gasteiger partial charge in [-0.05, 0) is 22.1 Å². The maximum atomic E-state index is 12.9. The van der Waals surface area contributed by atoms with Gasteiger partial charge in [-0.2, -0.15) is 0 Å². The van der Waals surface area contributed by atoms with Gasteiger partial charge in [0.2, 0.25) is 5.91 Å². The summed E-state index contributed by atoms with van der Waals surface area (Å²) in [5.74, 6) is -1.24. The van der Waals surface area contributed by atoms with Crippen LogP contribution in [0.3, 0.4) is 0 Å². The number of thioether (sulfide) groups is 1. The molecule has 6 heteroatoms. The first-order valence-corrected chi connectivity index (χ1v) is 9.78. The molecule has 1 heterocycles. The number of aliphatic carboxylic acids is 1. The Bertz CT molecular complexity index is 723. The minimum atomic E-state index is -0.990. The number of fused-ring (bicyclic) bond motifs is 1. The third kappa shape index (κ3) is 4.67. The van der Waals surface area contributed by atoms with Gasteiger partial charge < -0.3 is 10.0 Å². The van der Waals surface area contributed by atoms with Crippen LogP contribution in [-0.4, -0.2) is 38.8 Å². The Hall–Kier alpha value is -1.82. The molecule has 1 aliphatic rings. The Morgan fingerprint density at radius 3 is 2.46 bits per heavy atom. The summed E-state index contributed by atoms with van der Waals surface area (Å²) in [4.78, 5) is 37.2. The molecule has 1 aromatic carbocycles. The van der Waals surface area contributed by atoms with Crippen LogP contribution in [-0.2, 0) is 32.8 Å². The van der Waals surface area contributed by atoms with E-state index in [2.05, 4.69) is 26.8 Å². The van der Waals surface area contributed by atoms with E-state index in [-0.39, 0.29) is 16.4 Å². The van der Waals surface area contributed by atoms with Gasteiger partial charge in [0.15, 0.2) is 5.12 Å². The summed E-state index contributed by atoms with van der Waals surface area (Å²) in [5, 5.41) is 9.57. The Balaban J connectivity index is 2.30. The van der Waals surface area contributed by atoms with Crippen LogP contribution in [0, 0.1) is 5.92 Å². The molecule has 0 radical (unpaired) electrons. The summed E-state index contributed by atoms with van der Waals surface area (Å²) in [7, 11) is 0. The van der Waals surface area contributed by atoms with Crippen LogP contribution in [0.25, 0.3) is 0 Å². The van der Waals surface area contributed by atoms with E-state index < -0.39 is 17.9 Å². The van der Waals surface area contributed by atoms with Crippen molar-refractivity contribution in [1.82, 2.24) is 4.90 Å². The number of benzene rings is 1. The molecular weight excluding hydrogens is 350 g/mol. The van der Waals surface area contributed by atoms with Gasteiger partial charge in [0.05, 0.1) is 0 Å². The largest absolute Gasteiger partial charge is 0.480 e. The zero-order valence-corrected chi connectivity index (χ0v) is 16.9. The summed E-state index contributed by atoms with van der Waals surface area (Å²) < 4.78 is 0. The third-order valence-electron chi connectivity index (χ3n) is 4.73. The number of rotatable bonds is 4. The smallest absolute Gasteiger partial charge is 0.326 e. The lowest BCUT2D eigenvalue weighted by Crippen LogP contribution is -2.50. The first kappa shape index (κ1) is 20.5. The molecule has 0 bridgehead atoms. The van der Waals surface area contributed by atoms with Gasteiger partial charge in [0.25, 0.3) is 0 Å². The van der Waals surface area contributed by atoms with Crippen molar-refractivity contribution in [2.45, 2.75) is 59.0 Å². The molecule has 0 saturated heterocycles. The Labute approximate surface area is 159 Å². The van der Waals surface area contributed by atoms with E-state index in [1.165, 1.54) is 11.8 Å². The maximum absolute atomic E-state index is 12.9. The SMILES string of the molecule is CC(=O)SCC(C)C(=O)N1Cc2cc(C(C)(C)C)ccc2C[C@H]1C(=O)O. The number of nitrogens with zero attached hydrogens (tertiary/aromatic N) is 1. The Morgan fingerprint density at radius 1 is 1.27 bits per heavy atom. The van der Waals surface area contributed by atoms with E-state index in [4.69, 9.17) is 0 Å². The Morgan fingerprint density at radius 2 is 1.92 bits per heavy atom. The van der Waals surface area contributed by atoms with E-state index in [1.807, 2.05) is 12.1 Å². The number of carbonyl (C=O) groups excluding carboxylic acids is 2. The highest BCUT2D eigenvalue weighted by Gasteiger charge is 2.36. The van der Waals surface area contributed by atoms with Crippen LogP contribution < -0.4 is 0 Å². The van der Waals surface area contributed by atoms with Crippen molar-refractivity contribution in [3.8, 4) is 0 Å². The second kappa shape index (κ2) is 7.82. The van der Waals surface area contributed by atoms with Gasteiger partial charge in [-0.15, -0.1) is 0 Å². The molecule has 1 amide bonds. The summed E-state index contributed by atoms with van der Waals surface area (Å²) in [6, 6.07) is 5.26. The zero-order valence-electron chi connectivity index (χ0n) is 16.0. The number of carbonyl (C=O) groups is 3. The summed E-state index contributed by atoms with van der Waals surface area (Å²) in [5.41, 5.74) is 3.14. The van der Waals surface area contributed by atoms with Gasteiger partial charge in [-0.1, -0.05) is 57.7 Å². The van der Waals surface area contributed by atoms with Gasteiger partial charge >= 0.3 is 5.97 Å². The number of hydrogen-bond donors (Lipinski definition) is 1. The molecule has 142 valence electrons. The van der Waals surface area contributed by atoms with Crippen molar-refractivity contribution >= 4 is 28.8 Å². The molecule has 0 saturated carbocycles. The van der Waals surface area contributed by atoms with Crippen LogP contribution in [0.15, 0.2) is 18.2 Å². The van der Waals surface area contributed by atoms with E-state index in [1.54, 1.807) is 6.92 Å². The van der Waals surface area contributed by atoms with Crippen LogP contribution in [0.4, 0.5) is 0 Å². The monoisotopic (exact) mass is 377 g/mol. The molecule has 0 aromatic heterocycles. The lowest BCUT2D eigenvalue weighted by molar-refractivity contribution is -0.152. The van der Waals surface area contributed by atoms with Crippen molar-refractivity contribution in [3.05, 3.63) is 34.9 Å². The van der Waals surface area contributed by atoms with Crippen molar-refractivity contribution in [3.63, 3.8) is 0 Å². The molecule has 26 heavy (non-hydrogen) atoms. The fourth-order valence-electron chi connectivity index (χ4n) is 3.10. The average molecular weight is 378 g/mol. The highest BCUT2D eigenvalue weighted by atomic mass is 32.2. The second-order valence-electron chi connectivity index (χ2n) is 7.96. The molecule has 1 aromatic rings. The van der Waals surface area contributed by atoms with E-state index in [0.29, 0.717) is 18.7 Å². The van der Waals surface area contributed by atoms with Crippen LogP contribution in [0.1, 0.15) is 51.3 Å². The second-order valence-corrected chi connectivity index (χ2v) is 9.16. The lowest BCUT2D eigenvalue weighted by atomic mass is 9.83. The molecule has 2 rings (SSSR count). The fraction of sp³-hybridized carbons (Fsp3) is 0.550. The minimum absolute atomic E-state index is 0.0149. The summed E-state index contributed by atoms with van der Waals surface area (Å²) in [6.45, 7) is 9.89. The Kier molecular flexibility index (Phi) is 6.17. The van der Waals surface area contributed by atoms with E-state index in [0.717, 1.165) is 28.5 Å². The number of hydrogen-bond acceptors (Lipinski definition) is 4. The van der Waals surface area contributed by atoms with Crippen molar-refractivity contribution in [2.24, 2.45) is 5.92 Å². The molecule has 1 N–H and O–H groups in total. The van der Waals surface area contributed by atoms with Gasteiger partial charge in [-0.25, -0.2) is 4.79 Å². The van der Waals surface area contributed by atoms with Gasteiger partial charge in [0.1, 0.15) is 6.04 Å². The van der Waals surface area contributed by atoms with Crippen molar-refractivity contribution in [1.29, 1.82) is 0 Å². The molecule has 5 nitrogen and oxygen atoms in total. The number of amides is 1. The fourth-order valence-corrected chi connectivity index (χ4v) is 3.73. The van der Waals surface area contributed by atoms with Gasteiger partial charge in [-0.3, -0.25) is 9.59 Å². The quantitative estimate of drug-likeness (QED) is 0.872. The predicted molar refractivity (Wildman–Crippen MR) is 103 cm³/mol. The molecule has 0 spiro atoms. The normalized spacial score (nSPS) is 18.2. The summed E-state index contributed by atoms with van der Waals surface area (Å²) in [6.07, 6.45) is 0.313. The lowest BCUT2D eigenvalue weighted by Gasteiger charge is -2.36. The topological polar surface area (TPSA) is 74.7 Å². The first-order valence-electron chi connectivity index (χ1n) is 8.79. The molecular formula is C20H27NO4S. The number of carboxylic acid groups (broad SMARTS) is 1. The highest BCUT2D eigenvalue weighted by molar-refractivity contribution is 8.13. The third-order valence-corrected chi connectivity index (χ3v) is 5.80. The maximum Gasteiger partial charge on any atom is 0.326 e. The standard InChI is InChI=1S/C20H27NO4S/c1-12(11-26-13(2)22)18(23)21-10-15-8-16(20(3,4)5)7-6-14(15)9-17(21)19(24)25/h6-8,12,17H,9-11H2,1-5H3,(H,24,25)/t12?,17-/m0/s1. The summed E-state index contributed by atoms with van der Waals surface area (Å²) >= 11 is 1.10. The van der Waals surface area contributed by atoms with Crippen LogP contribution >= 0.6 is 11.8 Å². The molecule has 1 unspecified atom stereocenters. The molecule has 2 atom stereocenters. The number of carboxylic acids is 1. The van der Waals surface area contributed by atoms with Crippen LogP contribution in [0.2, 0.25) is 0 Å². The zero-order chi connectivity index (χ0) is 19.6. The van der Waals surface area contributed by atoms with Gasteiger partial charge in [0, 0.05) is 31.6 Å². The molecule has 0 aliphatic carbocycles. The average Bonchev–Trinajstić information content (AvgIpc) is 2.56. The molecule has 1 aliphatic heterocycles. The predicted octanol–water partition coefficient (Wildman–Crippen LogP) is 3.24. The highest BCUT2D eigenvalue weighted by Crippen LogP contribution is 2.30. The van der Waals surface area contributed by atoms with Crippen LogP contribution in [0.5, 0.6) is 0 Å². The van der Waals surface area contributed by atoms with E-state index in [9.17, 15) is 19.5 Å². The molecule has 0 fully saturated rings. The first-order chi connectivity index (χ1) is 12.0. The minimum Gasteiger partial charge on any atom is -0.480 e. The van der Waals surface area contributed by atoms with E-state index >= 15 is 0 Å². The van der Waals surface area contributed by atoms with Crippen molar-refractivity contribution in [2.75, 3.05) is 5.75 Å². The van der Waals surface area contributed by atoms with Crippen molar-refractivity contribution < 1.29 is 19.5 Å².